The molecule has 0 aliphatic heterocycles. The Hall–Kier alpha value is -3.02. The number of nitrogens with two attached hydrogens (primary N) is 4. The molecule has 0 aromatic rings. The van der Waals surface area contributed by atoms with E-state index >= 15 is 0 Å². The first-order valence-corrected chi connectivity index (χ1v) is 20.8. The second-order valence-corrected chi connectivity index (χ2v) is 15.0. The maximum Gasteiger partial charge on any atom is 0.224 e. The summed E-state index contributed by atoms with van der Waals surface area (Å²) in [6.45, 7) is 3.31. The molecule has 0 radical (unpaired) electrons. The summed E-state index contributed by atoms with van der Waals surface area (Å²) in [4.78, 5) is 106. The molecule has 0 fully saturated rings. The van der Waals surface area contributed by atoms with Gasteiger partial charge in [-0.05, 0) is 65.8 Å². The van der Waals surface area contributed by atoms with Crippen LogP contribution in [0.4, 0.5) is 0 Å². The molecule has 0 bridgehead atoms. The largest absolute Gasteiger partial charge is 1.00 e. The number of hydrogen-bond donors (Lipinski definition) is 12. The molecule has 0 aliphatic rings. The van der Waals surface area contributed by atoms with E-state index in [-0.39, 0.29) is 139 Å². The van der Waals surface area contributed by atoms with E-state index in [9.17, 15) is 38.4 Å². The number of quaternary nitrogens is 4. The molecule has 0 rings (SSSR count). The summed E-state index contributed by atoms with van der Waals surface area (Å²) < 4.78 is 0. The number of likely N-dealkylation sites (N-methyl/N-ethyl adjacent to an activating group) is 1. The summed E-state index contributed by atoms with van der Waals surface area (Å²) in [5.41, 5.74) is 38.3. The highest BCUT2D eigenvalue weighted by Gasteiger charge is 2.34. The Bertz CT molecular complexity index is 1320. The van der Waals surface area contributed by atoms with Crippen molar-refractivity contribution in [1.82, 2.24) is 21.3 Å². The van der Waals surface area contributed by atoms with Crippen LogP contribution in [0.3, 0.4) is 0 Å². The number of amides is 3. The van der Waals surface area contributed by atoms with Crippen LogP contribution in [0.5, 0.6) is 0 Å². The highest BCUT2D eigenvalue weighted by molar-refractivity contribution is 5.97. The molecular formula is C38H79Cl2N12O8+3. The molecule has 0 aromatic carbocycles. The molecule has 20 nitrogen and oxygen atoms in total. The molecular weight excluding hydrogens is 823 g/mol. The smallest absolute Gasteiger partial charge is 0.224 e. The van der Waals surface area contributed by atoms with Gasteiger partial charge in [-0.25, -0.2) is 0 Å². The van der Waals surface area contributed by atoms with Crippen LogP contribution in [0.1, 0.15) is 84.0 Å². The van der Waals surface area contributed by atoms with E-state index in [0.717, 1.165) is 0 Å². The zero-order valence-corrected chi connectivity index (χ0v) is 37.5. The SMILES string of the molecule is CN[C@@H](CC[NH3+])C(=O)C[C@@H](CCN)C(=O)N[C@@H](CC[NH3+])C(=O)C[C@@H](CCN)C(=O)N[C@@H](CC[NH3+])C(=O)C[C@@H](CCN)C(=O)N[C@@H](CC[NH3+])C(=O)C[C@@H](CCN)C(C)=O.Cl.[Cl-]. The minimum atomic E-state index is -1.05. The van der Waals surface area contributed by atoms with Gasteiger partial charge in [0.1, 0.15) is 5.78 Å². The average Bonchev–Trinajstić information content (AvgIpc) is 3.18. The molecule has 0 saturated heterocycles. The first-order chi connectivity index (χ1) is 27.6. The first-order valence-electron chi connectivity index (χ1n) is 20.8. The summed E-state index contributed by atoms with van der Waals surface area (Å²) in [5, 5.41) is 11.2. The molecule has 350 valence electrons. The van der Waals surface area contributed by atoms with Crippen molar-refractivity contribution in [2.24, 2.45) is 46.6 Å². The number of carbonyl (C=O) groups is 8. The molecule has 0 heterocycles. The lowest BCUT2D eigenvalue weighted by atomic mass is 9.89. The molecule has 0 spiro atoms. The van der Waals surface area contributed by atoms with Crippen LogP contribution in [0, 0.1) is 23.7 Å². The summed E-state index contributed by atoms with van der Waals surface area (Å²) in [7, 11) is 1.66. The van der Waals surface area contributed by atoms with Crippen molar-refractivity contribution in [2.75, 3.05) is 59.4 Å². The van der Waals surface area contributed by atoms with E-state index in [0.29, 0.717) is 32.5 Å². The van der Waals surface area contributed by atoms with Gasteiger partial charge < -0.3 is 79.5 Å². The Morgan fingerprint density at radius 3 is 0.900 bits per heavy atom. The third-order valence-corrected chi connectivity index (χ3v) is 10.4. The van der Waals surface area contributed by atoms with Gasteiger partial charge in [0.15, 0.2) is 23.1 Å². The lowest BCUT2D eigenvalue weighted by Crippen LogP contribution is -3.00. The Labute approximate surface area is 367 Å². The second-order valence-electron chi connectivity index (χ2n) is 15.0. The van der Waals surface area contributed by atoms with Gasteiger partial charge in [-0.3, -0.25) is 38.4 Å². The zero-order chi connectivity index (χ0) is 44.2. The quantitative estimate of drug-likeness (QED) is 0.0278. The molecule has 0 unspecified atom stereocenters. The molecule has 0 aliphatic carbocycles. The maximum absolute atomic E-state index is 13.7. The summed E-state index contributed by atoms with van der Waals surface area (Å²) in [6.07, 6.45) is 1.09. The van der Waals surface area contributed by atoms with Gasteiger partial charge in [-0.1, -0.05) is 0 Å². The average molecular weight is 903 g/mol. The van der Waals surface area contributed by atoms with Crippen molar-refractivity contribution in [3.05, 3.63) is 0 Å². The summed E-state index contributed by atoms with van der Waals surface area (Å²) in [5.74, 6) is -6.43. The number of rotatable bonds is 36. The predicted octanol–water partition coefficient (Wildman–Crippen LogP) is -9.73. The van der Waals surface area contributed by atoms with Crippen LogP contribution < -0.4 is 79.5 Å². The van der Waals surface area contributed by atoms with Crippen LogP contribution in [-0.2, 0) is 38.4 Å². The number of nitrogens with one attached hydrogen (secondary N) is 4. The monoisotopic (exact) mass is 902 g/mol. The molecule has 3 amide bonds. The number of hydrogen-bond acceptors (Lipinski definition) is 13. The Morgan fingerprint density at radius 1 is 0.433 bits per heavy atom. The van der Waals surface area contributed by atoms with Gasteiger partial charge in [0.2, 0.25) is 17.7 Å². The number of ketones is 5. The van der Waals surface area contributed by atoms with Gasteiger partial charge in [0.25, 0.3) is 0 Å². The second kappa shape index (κ2) is 35.6. The molecule has 0 aromatic heterocycles. The van der Waals surface area contributed by atoms with Crippen LogP contribution in [0.25, 0.3) is 0 Å². The van der Waals surface area contributed by atoms with E-state index < -0.39 is 77.1 Å². The lowest BCUT2D eigenvalue weighted by molar-refractivity contribution is -0.369. The van der Waals surface area contributed by atoms with Crippen molar-refractivity contribution in [3.63, 3.8) is 0 Å². The van der Waals surface area contributed by atoms with E-state index in [2.05, 4.69) is 44.2 Å². The van der Waals surface area contributed by atoms with Crippen LogP contribution >= 0.6 is 12.4 Å². The van der Waals surface area contributed by atoms with Crippen molar-refractivity contribution in [3.8, 4) is 0 Å². The van der Waals surface area contributed by atoms with E-state index in [1.54, 1.807) is 7.05 Å². The van der Waals surface area contributed by atoms with Crippen molar-refractivity contribution < 1.29 is 73.7 Å². The van der Waals surface area contributed by atoms with Crippen LogP contribution in [0.15, 0.2) is 0 Å². The zero-order valence-electron chi connectivity index (χ0n) is 36.0. The highest BCUT2D eigenvalue weighted by atomic mass is 35.5. The number of halogens is 2. The lowest BCUT2D eigenvalue weighted by Gasteiger charge is -2.25. The van der Waals surface area contributed by atoms with Gasteiger partial charge >= 0.3 is 0 Å². The number of Topliss-reactive ketones (excluding diaryl/α,β-unsaturated/α-hetero) is 5. The van der Waals surface area contributed by atoms with E-state index in [1.807, 2.05) is 0 Å². The predicted molar refractivity (Wildman–Crippen MR) is 223 cm³/mol. The Kier molecular flexibility index (Phi) is 36.3. The van der Waals surface area contributed by atoms with Crippen LogP contribution in [0.2, 0.25) is 0 Å². The fourth-order valence-corrected chi connectivity index (χ4v) is 6.86. The molecule has 8 atom stereocenters. The minimum Gasteiger partial charge on any atom is -1.00 e. The van der Waals surface area contributed by atoms with Gasteiger partial charge in [-0.15, -0.1) is 12.4 Å². The third kappa shape index (κ3) is 23.3. The highest BCUT2D eigenvalue weighted by Crippen LogP contribution is 2.18. The molecule has 24 N–H and O–H groups in total. The van der Waals surface area contributed by atoms with Crippen molar-refractivity contribution >= 4 is 59.0 Å². The molecule has 60 heavy (non-hydrogen) atoms. The fraction of sp³-hybridized carbons (Fsp3) is 0.789. The Morgan fingerprint density at radius 2 is 0.667 bits per heavy atom. The maximum atomic E-state index is 13.7. The molecule has 22 heteroatoms. The van der Waals surface area contributed by atoms with Gasteiger partial charge in [0.05, 0.1) is 50.3 Å². The van der Waals surface area contributed by atoms with Gasteiger partial charge in [-0.2, -0.15) is 0 Å². The van der Waals surface area contributed by atoms with Crippen LogP contribution in [-0.4, -0.2) is 130 Å². The normalized spacial score (nSPS) is 15.0. The third-order valence-electron chi connectivity index (χ3n) is 10.4. The minimum absolute atomic E-state index is 0. The Balaban J connectivity index is -0.0000162. The van der Waals surface area contributed by atoms with Gasteiger partial charge in [0, 0.05) is 75.0 Å². The standard InChI is InChI=1S/C38H74N12O8.2ClH/c1-23(51)24(3-11-39)19-33(53)29(8-16-44)48-37(57)26(5-13-41)21-35(55)31(10-18-46)50-38(58)27(6-14-42)22-34(54)30(9-17-45)49-36(56)25(4-12-40)20-32(52)28(47-2)7-15-43;;/h24-31,47H,3-22,39-46H2,1-2H3,(H,48,57)(H,49,56)(H,50,58);2*1H/p+3/t24-,25-,26-,27-,28+,29+,30+,31+;;/m1../s1. The van der Waals surface area contributed by atoms with E-state index in [1.165, 1.54) is 6.92 Å². The summed E-state index contributed by atoms with van der Waals surface area (Å²) >= 11 is 0. The molecule has 0 saturated carbocycles. The number of carbonyl (C=O) groups excluding carboxylic acids is 8. The first kappa shape index (κ1) is 61.3. The summed E-state index contributed by atoms with van der Waals surface area (Å²) in [6, 6.07) is -3.43. The van der Waals surface area contributed by atoms with Crippen molar-refractivity contribution in [2.45, 2.75) is 108 Å². The fourth-order valence-electron chi connectivity index (χ4n) is 6.86. The van der Waals surface area contributed by atoms with Crippen molar-refractivity contribution in [1.29, 1.82) is 0 Å². The van der Waals surface area contributed by atoms with E-state index in [4.69, 9.17) is 22.9 Å². The topological polar surface area (TPSA) is 399 Å².